The van der Waals surface area contributed by atoms with Crippen molar-refractivity contribution in [3.63, 3.8) is 0 Å². The predicted octanol–water partition coefficient (Wildman–Crippen LogP) is 6.15. The van der Waals surface area contributed by atoms with Crippen molar-refractivity contribution in [1.82, 2.24) is 5.32 Å². The van der Waals surface area contributed by atoms with Gasteiger partial charge in [-0.1, -0.05) is 71.7 Å². The van der Waals surface area contributed by atoms with Crippen molar-refractivity contribution in [1.29, 1.82) is 0 Å². The third-order valence-corrected chi connectivity index (χ3v) is 4.67. The van der Waals surface area contributed by atoms with Crippen LogP contribution in [-0.2, 0) is 0 Å². The quantitative estimate of drug-likeness (QED) is 0.669. The Morgan fingerprint density at radius 1 is 0.952 bits per heavy atom. The van der Waals surface area contributed by atoms with E-state index in [0.29, 0.717) is 12.0 Å². The third-order valence-electron chi connectivity index (χ3n) is 3.70. The molecule has 0 saturated carbocycles. The summed E-state index contributed by atoms with van der Waals surface area (Å²) in [6.45, 7) is 6.67. The maximum Gasteiger partial charge on any atom is 0.0406 e. The van der Waals surface area contributed by atoms with Crippen molar-refractivity contribution in [2.24, 2.45) is 5.92 Å². The van der Waals surface area contributed by atoms with Crippen LogP contribution in [0.5, 0.6) is 0 Å². The Kier molecular flexibility index (Phi) is 5.86. The van der Waals surface area contributed by atoms with Gasteiger partial charge in [-0.25, -0.2) is 0 Å². The Labute approximate surface area is 140 Å². The summed E-state index contributed by atoms with van der Waals surface area (Å²) in [4.78, 5) is 0. The second-order valence-corrected chi connectivity index (χ2v) is 6.97. The average Bonchev–Trinajstić information content (AvgIpc) is 2.46. The largest absolute Gasteiger partial charge is 0.303 e. The van der Waals surface area contributed by atoms with Crippen molar-refractivity contribution in [3.05, 3.63) is 69.2 Å². The average molecular weight is 367 g/mol. The number of hydrogen-bond donors (Lipinski definition) is 1. The molecule has 0 fully saturated rings. The monoisotopic (exact) mass is 365 g/mol. The highest BCUT2D eigenvalue weighted by Gasteiger charge is 2.19. The van der Waals surface area contributed by atoms with Crippen molar-refractivity contribution >= 4 is 27.5 Å². The molecule has 0 radical (unpaired) electrons. The summed E-state index contributed by atoms with van der Waals surface area (Å²) in [5, 5.41) is 4.51. The normalized spacial score (nSPS) is 14.2. The van der Waals surface area contributed by atoms with Gasteiger partial charge in [0.05, 0.1) is 0 Å². The first-order valence-electron chi connectivity index (χ1n) is 7.25. The van der Waals surface area contributed by atoms with E-state index in [9.17, 15) is 0 Å². The fourth-order valence-electron chi connectivity index (χ4n) is 2.53. The molecule has 0 heterocycles. The first kappa shape index (κ1) is 16.5. The molecule has 0 aliphatic heterocycles. The highest BCUT2D eigenvalue weighted by atomic mass is 79.9. The molecule has 2 aromatic carbocycles. The van der Waals surface area contributed by atoms with Gasteiger partial charge in [0.15, 0.2) is 0 Å². The van der Waals surface area contributed by atoms with Crippen LogP contribution in [0, 0.1) is 5.92 Å². The van der Waals surface area contributed by atoms with Gasteiger partial charge in [-0.3, -0.25) is 0 Å². The van der Waals surface area contributed by atoms with Crippen molar-refractivity contribution in [2.45, 2.75) is 32.9 Å². The molecule has 0 amide bonds. The molecule has 0 spiro atoms. The third kappa shape index (κ3) is 4.32. The summed E-state index contributed by atoms with van der Waals surface area (Å²) in [6, 6.07) is 17.0. The first-order valence-corrected chi connectivity index (χ1v) is 8.42. The molecule has 0 aromatic heterocycles. The molecule has 0 aliphatic rings. The van der Waals surface area contributed by atoms with Gasteiger partial charge in [0.1, 0.15) is 0 Å². The molecular formula is C18H21BrClN. The summed E-state index contributed by atoms with van der Waals surface area (Å²) in [5.74, 6) is 0.496. The topological polar surface area (TPSA) is 12.0 Å². The molecule has 0 bridgehead atoms. The molecule has 1 nitrogen and oxygen atoms in total. The van der Waals surface area contributed by atoms with Gasteiger partial charge in [0.25, 0.3) is 0 Å². The SMILES string of the molecule is CC(NC(c1ccc(Cl)cc1)C(C)C)c1ccccc1Br. The maximum atomic E-state index is 5.99. The van der Waals surface area contributed by atoms with Crippen LogP contribution in [0.1, 0.15) is 44.0 Å². The van der Waals surface area contributed by atoms with Gasteiger partial charge in [-0.05, 0) is 42.2 Å². The van der Waals surface area contributed by atoms with Crippen molar-refractivity contribution in [3.8, 4) is 0 Å². The highest BCUT2D eigenvalue weighted by Crippen LogP contribution is 2.29. The fraction of sp³-hybridized carbons (Fsp3) is 0.333. The van der Waals surface area contributed by atoms with Crippen LogP contribution in [0.2, 0.25) is 5.02 Å². The zero-order valence-electron chi connectivity index (χ0n) is 12.6. The number of nitrogens with one attached hydrogen (secondary N) is 1. The van der Waals surface area contributed by atoms with Gasteiger partial charge in [-0.15, -0.1) is 0 Å². The number of hydrogen-bond acceptors (Lipinski definition) is 1. The summed E-state index contributed by atoms with van der Waals surface area (Å²) in [7, 11) is 0. The molecule has 21 heavy (non-hydrogen) atoms. The van der Waals surface area contributed by atoms with E-state index in [0.717, 1.165) is 9.50 Å². The van der Waals surface area contributed by atoms with E-state index in [-0.39, 0.29) is 6.04 Å². The molecule has 1 N–H and O–H groups in total. The Balaban J connectivity index is 2.20. The summed E-state index contributed by atoms with van der Waals surface area (Å²) >= 11 is 9.62. The lowest BCUT2D eigenvalue weighted by atomic mass is 9.94. The van der Waals surface area contributed by atoms with Gasteiger partial charge >= 0.3 is 0 Å². The molecular weight excluding hydrogens is 346 g/mol. The smallest absolute Gasteiger partial charge is 0.0406 e. The first-order chi connectivity index (χ1) is 9.99. The van der Waals surface area contributed by atoms with Crippen LogP contribution < -0.4 is 5.32 Å². The molecule has 0 aliphatic carbocycles. The molecule has 2 aromatic rings. The minimum Gasteiger partial charge on any atom is -0.303 e. The molecule has 2 unspecified atom stereocenters. The second kappa shape index (κ2) is 7.44. The van der Waals surface area contributed by atoms with E-state index < -0.39 is 0 Å². The van der Waals surface area contributed by atoms with E-state index in [1.165, 1.54) is 11.1 Å². The van der Waals surface area contributed by atoms with E-state index in [1.54, 1.807) is 0 Å². The van der Waals surface area contributed by atoms with E-state index in [2.05, 4.69) is 72.3 Å². The molecule has 0 saturated heterocycles. The Morgan fingerprint density at radius 2 is 1.57 bits per heavy atom. The number of benzene rings is 2. The number of halogens is 2. The number of rotatable bonds is 5. The van der Waals surface area contributed by atoms with Gasteiger partial charge < -0.3 is 5.32 Å². The minimum absolute atomic E-state index is 0.267. The summed E-state index contributed by atoms with van der Waals surface area (Å²) in [6.07, 6.45) is 0. The van der Waals surface area contributed by atoms with Crippen molar-refractivity contribution in [2.75, 3.05) is 0 Å². The van der Waals surface area contributed by atoms with E-state index in [4.69, 9.17) is 11.6 Å². The predicted molar refractivity (Wildman–Crippen MR) is 94.7 cm³/mol. The fourth-order valence-corrected chi connectivity index (χ4v) is 3.28. The van der Waals surface area contributed by atoms with E-state index >= 15 is 0 Å². The van der Waals surface area contributed by atoms with Crippen LogP contribution in [-0.4, -0.2) is 0 Å². The summed E-state index contributed by atoms with van der Waals surface area (Å²) in [5.41, 5.74) is 2.55. The van der Waals surface area contributed by atoms with Crippen LogP contribution in [0.4, 0.5) is 0 Å². The minimum atomic E-state index is 0.267. The highest BCUT2D eigenvalue weighted by molar-refractivity contribution is 9.10. The lowest BCUT2D eigenvalue weighted by Crippen LogP contribution is -2.28. The Hall–Kier alpha value is -0.830. The molecule has 2 rings (SSSR count). The standard InChI is InChI=1S/C18H21BrClN/c1-12(2)18(14-8-10-15(20)11-9-14)21-13(3)16-6-4-5-7-17(16)19/h4-13,18,21H,1-3H3. The van der Waals surface area contributed by atoms with Crippen molar-refractivity contribution < 1.29 is 0 Å². The van der Waals surface area contributed by atoms with Crippen LogP contribution in [0.15, 0.2) is 53.0 Å². The Morgan fingerprint density at radius 3 is 2.14 bits per heavy atom. The lowest BCUT2D eigenvalue weighted by molar-refractivity contribution is 0.374. The Bertz CT molecular complexity index is 580. The zero-order valence-corrected chi connectivity index (χ0v) is 14.9. The van der Waals surface area contributed by atoms with Gasteiger partial charge in [-0.2, -0.15) is 0 Å². The van der Waals surface area contributed by atoms with Gasteiger partial charge in [0.2, 0.25) is 0 Å². The van der Waals surface area contributed by atoms with Crippen LogP contribution >= 0.6 is 27.5 Å². The van der Waals surface area contributed by atoms with E-state index in [1.807, 2.05) is 18.2 Å². The van der Waals surface area contributed by atoms with Gasteiger partial charge in [0, 0.05) is 21.6 Å². The molecule has 112 valence electrons. The second-order valence-electron chi connectivity index (χ2n) is 5.68. The van der Waals surface area contributed by atoms with Crippen LogP contribution in [0.3, 0.4) is 0 Å². The van der Waals surface area contributed by atoms with Crippen LogP contribution in [0.25, 0.3) is 0 Å². The molecule has 3 heteroatoms. The zero-order chi connectivity index (χ0) is 15.4. The summed E-state index contributed by atoms with van der Waals surface area (Å²) < 4.78 is 1.14. The maximum absolute atomic E-state index is 5.99. The molecule has 2 atom stereocenters. The lowest BCUT2D eigenvalue weighted by Gasteiger charge is -2.28.